The average molecular weight is 435 g/mol. The van der Waals surface area contributed by atoms with Crippen LogP contribution in [0.4, 0.5) is 15.9 Å². The molecule has 1 amide bonds. The number of nitrogens with one attached hydrogen (secondary N) is 1. The first-order valence-electron chi connectivity index (χ1n) is 8.50. The van der Waals surface area contributed by atoms with Crippen LogP contribution in [0, 0.1) is 12.7 Å². The van der Waals surface area contributed by atoms with Crippen LogP contribution in [-0.2, 0) is 21.2 Å². The van der Waals surface area contributed by atoms with Gasteiger partial charge in [0.25, 0.3) is 0 Å². The Balaban J connectivity index is 1.91. The summed E-state index contributed by atoms with van der Waals surface area (Å²) < 4.78 is 40.6. The minimum atomic E-state index is -3.92. The number of hydrogen-bond donors (Lipinski definition) is 2. The van der Waals surface area contributed by atoms with Crippen LogP contribution < -0.4 is 11.1 Å². The lowest BCUT2D eigenvalue weighted by atomic mass is 10.2. The van der Waals surface area contributed by atoms with Gasteiger partial charge in [-0.25, -0.2) is 17.5 Å². The summed E-state index contributed by atoms with van der Waals surface area (Å²) in [6.07, 6.45) is 1.67. The summed E-state index contributed by atoms with van der Waals surface area (Å²) in [5, 5.41) is 6.90. The molecule has 0 fully saturated rings. The molecule has 3 rings (SSSR count). The van der Waals surface area contributed by atoms with Crippen molar-refractivity contribution in [3.63, 3.8) is 0 Å². The number of aryl methyl sites for hydroxylation is 1. The largest absolute Gasteiger partial charge is 0.383 e. The van der Waals surface area contributed by atoms with E-state index in [2.05, 4.69) is 10.4 Å². The predicted molar refractivity (Wildman–Crippen MR) is 110 cm³/mol. The molecule has 10 heteroatoms. The monoisotopic (exact) mass is 434 g/mol. The SMILES string of the molecule is CSc1nn(CC(=O)Nc2cccc(F)c2)c(N)c1S(=O)(=O)c1ccc(C)cc1. The van der Waals surface area contributed by atoms with Crippen molar-refractivity contribution in [1.82, 2.24) is 9.78 Å². The van der Waals surface area contributed by atoms with Crippen LogP contribution in [0.5, 0.6) is 0 Å². The minimum absolute atomic E-state index is 0.0915. The van der Waals surface area contributed by atoms with E-state index in [4.69, 9.17) is 5.73 Å². The predicted octanol–water partition coefficient (Wildman–Crippen LogP) is 3.11. The maximum absolute atomic E-state index is 13.3. The highest BCUT2D eigenvalue weighted by Crippen LogP contribution is 2.34. The molecule has 7 nitrogen and oxygen atoms in total. The van der Waals surface area contributed by atoms with Crippen LogP contribution in [0.1, 0.15) is 5.56 Å². The number of nitrogens with zero attached hydrogens (tertiary/aromatic N) is 2. The number of carbonyl (C=O) groups excluding carboxylic acids is 1. The molecule has 152 valence electrons. The van der Waals surface area contributed by atoms with Crippen molar-refractivity contribution >= 4 is 39.0 Å². The van der Waals surface area contributed by atoms with E-state index in [9.17, 15) is 17.6 Å². The molecule has 1 aromatic heterocycles. The Morgan fingerprint density at radius 1 is 1.24 bits per heavy atom. The van der Waals surface area contributed by atoms with Crippen molar-refractivity contribution in [2.24, 2.45) is 0 Å². The second-order valence-corrected chi connectivity index (χ2v) is 8.94. The Kier molecular flexibility index (Phi) is 5.94. The van der Waals surface area contributed by atoms with Crippen LogP contribution in [-0.4, -0.2) is 30.4 Å². The number of rotatable bonds is 6. The number of nitrogens with two attached hydrogens (primary N) is 1. The zero-order valence-corrected chi connectivity index (χ0v) is 17.3. The first-order chi connectivity index (χ1) is 13.7. The molecule has 0 aliphatic heterocycles. The molecule has 3 N–H and O–H groups in total. The van der Waals surface area contributed by atoms with E-state index in [-0.39, 0.29) is 32.9 Å². The van der Waals surface area contributed by atoms with Gasteiger partial charge in [-0.3, -0.25) is 4.79 Å². The zero-order chi connectivity index (χ0) is 21.2. The van der Waals surface area contributed by atoms with E-state index in [1.165, 1.54) is 36.4 Å². The van der Waals surface area contributed by atoms with Gasteiger partial charge in [0.1, 0.15) is 28.1 Å². The molecule has 3 aromatic rings. The van der Waals surface area contributed by atoms with Gasteiger partial charge in [0.05, 0.1) is 4.90 Å². The summed E-state index contributed by atoms with van der Waals surface area (Å²) in [7, 11) is -3.92. The summed E-state index contributed by atoms with van der Waals surface area (Å²) in [5.41, 5.74) is 7.27. The number of sulfone groups is 1. The van der Waals surface area contributed by atoms with Crippen molar-refractivity contribution in [3.8, 4) is 0 Å². The number of carbonyl (C=O) groups is 1. The second kappa shape index (κ2) is 8.26. The summed E-state index contributed by atoms with van der Waals surface area (Å²) in [6, 6.07) is 11.8. The highest BCUT2D eigenvalue weighted by molar-refractivity contribution is 7.99. The summed E-state index contributed by atoms with van der Waals surface area (Å²) in [6.45, 7) is 1.53. The van der Waals surface area contributed by atoms with Gasteiger partial charge in [0.2, 0.25) is 15.7 Å². The lowest BCUT2D eigenvalue weighted by molar-refractivity contribution is -0.116. The Morgan fingerprint density at radius 3 is 2.55 bits per heavy atom. The molecule has 2 aromatic carbocycles. The molecule has 0 aliphatic rings. The third-order valence-electron chi connectivity index (χ3n) is 4.11. The fourth-order valence-corrected chi connectivity index (χ4v) is 5.11. The van der Waals surface area contributed by atoms with Crippen molar-refractivity contribution in [1.29, 1.82) is 0 Å². The number of thioether (sulfide) groups is 1. The van der Waals surface area contributed by atoms with E-state index in [0.29, 0.717) is 0 Å². The number of aromatic nitrogens is 2. The van der Waals surface area contributed by atoms with Crippen LogP contribution >= 0.6 is 11.8 Å². The molecule has 0 saturated carbocycles. The lowest BCUT2D eigenvalue weighted by Crippen LogP contribution is -2.21. The number of amides is 1. The van der Waals surface area contributed by atoms with Crippen LogP contribution in [0.3, 0.4) is 0 Å². The number of benzene rings is 2. The van der Waals surface area contributed by atoms with Gasteiger partial charge < -0.3 is 11.1 Å². The van der Waals surface area contributed by atoms with Gasteiger partial charge in [0.15, 0.2) is 0 Å². The number of hydrogen-bond acceptors (Lipinski definition) is 6. The third-order valence-corrected chi connectivity index (χ3v) is 6.75. The zero-order valence-electron chi connectivity index (χ0n) is 15.7. The highest BCUT2D eigenvalue weighted by Gasteiger charge is 2.29. The molecular weight excluding hydrogens is 415 g/mol. The summed E-state index contributed by atoms with van der Waals surface area (Å²) in [4.78, 5) is 12.3. The molecule has 0 aliphatic carbocycles. The molecule has 29 heavy (non-hydrogen) atoms. The quantitative estimate of drug-likeness (QED) is 0.578. The first-order valence-corrected chi connectivity index (χ1v) is 11.2. The summed E-state index contributed by atoms with van der Waals surface area (Å²) in [5.74, 6) is -1.14. The van der Waals surface area contributed by atoms with E-state index in [0.717, 1.165) is 22.0 Å². The van der Waals surface area contributed by atoms with Crippen molar-refractivity contribution in [2.75, 3.05) is 17.3 Å². The molecule has 0 radical (unpaired) electrons. The molecule has 0 saturated heterocycles. The fourth-order valence-electron chi connectivity index (χ4n) is 2.68. The van der Waals surface area contributed by atoms with Gasteiger partial charge in [-0.05, 0) is 43.5 Å². The van der Waals surface area contributed by atoms with Crippen LogP contribution in [0.15, 0.2) is 63.3 Å². The molecule has 0 bridgehead atoms. The Bertz CT molecular complexity index is 1160. The number of nitrogen functional groups attached to an aromatic ring is 1. The fraction of sp³-hybridized carbons (Fsp3) is 0.158. The Hall–Kier alpha value is -2.85. The van der Waals surface area contributed by atoms with Gasteiger partial charge in [0, 0.05) is 5.69 Å². The van der Waals surface area contributed by atoms with E-state index >= 15 is 0 Å². The van der Waals surface area contributed by atoms with Crippen LogP contribution in [0.25, 0.3) is 0 Å². The Morgan fingerprint density at radius 2 is 1.93 bits per heavy atom. The molecule has 0 spiro atoms. The molecular formula is C19H19FN4O3S2. The molecule has 0 atom stereocenters. The standard InChI is InChI=1S/C19H19FN4O3S2/c1-12-6-8-15(9-7-12)29(26,27)17-18(21)24(23-19(17)28-2)11-16(25)22-14-5-3-4-13(20)10-14/h3-10H,11,21H2,1-2H3,(H,22,25). The maximum Gasteiger partial charge on any atom is 0.246 e. The summed E-state index contributed by atoms with van der Waals surface area (Å²) >= 11 is 1.12. The van der Waals surface area contributed by atoms with Gasteiger partial charge in [-0.15, -0.1) is 11.8 Å². The third kappa shape index (κ3) is 4.43. The van der Waals surface area contributed by atoms with Gasteiger partial charge in [-0.1, -0.05) is 23.8 Å². The van der Waals surface area contributed by atoms with Crippen molar-refractivity contribution in [2.45, 2.75) is 28.3 Å². The Labute approximate surface area is 172 Å². The maximum atomic E-state index is 13.3. The van der Waals surface area contributed by atoms with E-state index in [1.54, 1.807) is 18.4 Å². The first kappa shape index (κ1) is 20.9. The minimum Gasteiger partial charge on any atom is -0.383 e. The van der Waals surface area contributed by atoms with Gasteiger partial charge in [-0.2, -0.15) is 5.10 Å². The van der Waals surface area contributed by atoms with E-state index < -0.39 is 21.6 Å². The molecule has 1 heterocycles. The second-order valence-electron chi connectivity index (χ2n) is 6.26. The van der Waals surface area contributed by atoms with E-state index in [1.807, 2.05) is 6.92 Å². The smallest absolute Gasteiger partial charge is 0.246 e. The van der Waals surface area contributed by atoms with Crippen molar-refractivity contribution < 1.29 is 17.6 Å². The van der Waals surface area contributed by atoms with Crippen molar-refractivity contribution in [3.05, 3.63) is 59.9 Å². The normalized spacial score (nSPS) is 11.4. The number of halogens is 1. The topological polar surface area (TPSA) is 107 Å². The average Bonchev–Trinajstić information content (AvgIpc) is 2.98. The number of anilines is 2. The molecule has 0 unspecified atom stereocenters. The van der Waals surface area contributed by atoms with Crippen LogP contribution in [0.2, 0.25) is 0 Å². The lowest BCUT2D eigenvalue weighted by Gasteiger charge is -2.08. The van der Waals surface area contributed by atoms with Gasteiger partial charge >= 0.3 is 0 Å². The highest BCUT2D eigenvalue weighted by atomic mass is 32.2.